The second kappa shape index (κ2) is 8.08. The molecule has 2 aromatic carbocycles. The van der Waals surface area contributed by atoms with Gasteiger partial charge in [-0.1, -0.05) is 56.2 Å². The summed E-state index contributed by atoms with van der Waals surface area (Å²) in [6.07, 6.45) is 0. The largest absolute Gasteiger partial charge is 1.00 e. The summed E-state index contributed by atoms with van der Waals surface area (Å²) >= 11 is 0. The van der Waals surface area contributed by atoms with Crippen LogP contribution >= 0.6 is 0 Å². The van der Waals surface area contributed by atoms with Gasteiger partial charge in [-0.3, -0.25) is 0 Å². The van der Waals surface area contributed by atoms with E-state index < -0.39 is 5.41 Å². The fourth-order valence-corrected chi connectivity index (χ4v) is 3.88. The zero-order valence-corrected chi connectivity index (χ0v) is 18.2. The van der Waals surface area contributed by atoms with Crippen molar-refractivity contribution in [1.82, 2.24) is 0 Å². The number of hydrogen-bond donors (Lipinski definition) is 0. The number of allylic oxidation sites excluding steroid dienone is 1. The Bertz CT molecular complexity index is 745. The average molecular weight is 342 g/mol. The first-order valence-corrected chi connectivity index (χ1v) is 9.01. The molecule has 0 N–H and O–H groups in total. The van der Waals surface area contributed by atoms with Gasteiger partial charge in [0.15, 0.2) is 0 Å². The Balaban J connectivity index is 0.00000338. The molecule has 0 unspecified atom stereocenters. The van der Waals surface area contributed by atoms with Gasteiger partial charge >= 0.3 is 18.9 Å². The van der Waals surface area contributed by atoms with Crippen LogP contribution in [-0.4, -0.2) is 0 Å². The summed E-state index contributed by atoms with van der Waals surface area (Å²) in [5.74, 6) is 0.206. The van der Waals surface area contributed by atoms with Gasteiger partial charge in [-0.15, -0.1) is 5.76 Å². The Morgan fingerprint density at radius 3 is 1.15 bits per heavy atom. The third-order valence-corrected chi connectivity index (χ3v) is 4.76. The molecule has 0 aliphatic heterocycles. The first kappa shape index (κ1) is 22.6. The molecule has 0 heterocycles. The molecular formula is C24H31LiO. The van der Waals surface area contributed by atoms with E-state index in [0.717, 1.165) is 16.7 Å². The van der Waals surface area contributed by atoms with E-state index in [9.17, 15) is 5.11 Å². The average Bonchev–Trinajstić information content (AvgIpc) is 2.41. The van der Waals surface area contributed by atoms with Crippen LogP contribution in [0, 0.1) is 47.0 Å². The van der Waals surface area contributed by atoms with Crippen molar-refractivity contribution in [2.24, 2.45) is 5.41 Å². The van der Waals surface area contributed by atoms with Gasteiger partial charge in [0.2, 0.25) is 0 Å². The Morgan fingerprint density at radius 1 is 0.654 bits per heavy atom. The standard InChI is InChI=1S/C24H32O.Li/c1-14-10-16(3)20(17(4)11-14)22(23(25)24(7,8)9)21-18(5)12-15(2)13-19(21)6;/h10-13,25H,1-9H3;/q;+1/p-1. The van der Waals surface area contributed by atoms with Gasteiger partial charge in [0, 0.05) is 0 Å². The molecule has 2 rings (SSSR count). The van der Waals surface area contributed by atoms with E-state index in [4.69, 9.17) is 0 Å². The van der Waals surface area contributed by atoms with E-state index in [-0.39, 0.29) is 24.6 Å². The predicted molar refractivity (Wildman–Crippen MR) is 107 cm³/mol. The molecule has 0 aromatic heterocycles. The minimum absolute atomic E-state index is 0. The molecule has 2 heteroatoms. The quantitative estimate of drug-likeness (QED) is 0.608. The van der Waals surface area contributed by atoms with E-state index in [2.05, 4.69) is 65.8 Å². The SMILES string of the molecule is Cc1cc(C)c(C(=C([O-])C(C)(C)C)c2c(C)cc(C)cc2C)c(C)c1.[Li+]. The molecule has 0 spiro atoms. The molecule has 0 aliphatic rings. The van der Waals surface area contributed by atoms with E-state index >= 15 is 0 Å². The Morgan fingerprint density at radius 2 is 0.923 bits per heavy atom. The van der Waals surface area contributed by atoms with Crippen LogP contribution in [-0.2, 0) is 0 Å². The van der Waals surface area contributed by atoms with Crippen LogP contribution in [0.5, 0.6) is 0 Å². The number of benzene rings is 2. The molecule has 0 bridgehead atoms. The summed E-state index contributed by atoms with van der Waals surface area (Å²) in [7, 11) is 0. The zero-order valence-electron chi connectivity index (χ0n) is 18.2. The number of rotatable bonds is 2. The summed E-state index contributed by atoms with van der Waals surface area (Å²) < 4.78 is 0. The minimum Gasteiger partial charge on any atom is -0.875 e. The molecular weight excluding hydrogens is 311 g/mol. The first-order chi connectivity index (χ1) is 11.4. The summed E-state index contributed by atoms with van der Waals surface area (Å²) in [6, 6.07) is 8.71. The predicted octanol–water partition coefficient (Wildman–Crippen LogP) is 2.71. The van der Waals surface area contributed by atoms with Crippen molar-refractivity contribution in [3.8, 4) is 0 Å². The van der Waals surface area contributed by atoms with Crippen LogP contribution in [0.25, 0.3) is 5.57 Å². The molecule has 0 radical (unpaired) electrons. The van der Waals surface area contributed by atoms with Crippen LogP contribution in [0.15, 0.2) is 30.0 Å². The second-order valence-corrected chi connectivity index (χ2v) is 8.50. The van der Waals surface area contributed by atoms with Crippen molar-refractivity contribution in [1.29, 1.82) is 0 Å². The summed E-state index contributed by atoms with van der Waals surface area (Å²) in [6.45, 7) is 18.7. The van der Waals surface area contributed by atoms with Crippen LogP contribution in [0.4, 0.5) is 0 Å². The Kier molecular flexibility index (Phi) is 7.03. The molecule has 26 heavy (non-hydrogen) atoms. The third-order valence-electron chi connectivity index (χ3n) is 4.76. The van der Waals surface area contributed by atoms with E-state index in [0.29, 0.717) is 0 Å². The Hall–Kier alpha value is -1.42. The summed E-state index contributed by atoms with van der Waals surface area (Å²) in [5, 5.41) is 13.5. The van der Waals surface area contributed by atoms with Crippen molar-refractivity contribution >= 4 is 5.57 Å². The van der Waals surface area contributed by atoms with Crippen LogP contribution in [0.3, 0.4) is 0 Å². The molecule has 0 aliphatic carbocycles. The molecule has 0 atom stereocenters. The van der Waals surface area contributed by atoms with Crippen LogP contribution < -0.4 is 24.0 Å². The molecule has 0 saturated carbocycles. The fourth-order valence-electron chi connectivity index (χ4n) is 3.88. The van der Waals surface area contributed by atoms with Gasteiger partial charge in [0.25, 0.3) is 0 Å². The van der Waals surface area contributed by atoms with Gasteiger partial charge < -0.3 is 5.11 Å². The first-order valence-electron chi connectivity index (χ1n) is 9.01. The van der Waals surface area contributed by atoms with Crippen molar-refractivity contribution in [2.75, 3.05) is 0 Å². The third kappa shape index (κ3) is 4.45. The molecule has 0 saturated heterocycles. The molecule has 2 aromatic rings. The van der Waals surface area contributed by atoms with E-state index in [1.165, 1.54) is 33.4 Å². The maximum Gasteiger partial charge on any atom is 1.00 e. The molecule has 1 nitrogen and oxygen atoms in total. The molecule has 0 amide bonds. The van der Waals surface area contributed by atoms with Crippen molar-refractivity contribution in [2.45, 2.75) is 62.3 Å². The maximum atomic E-state index is 13.5. The van der Waals surface area contributed by atoms with Crippen LogP contribution in [0.1, 0.15) is 65.3 Å². The van der Waals surface area contributed by atoms with Crippen molar-refractivity contribution in [3.05, 3.63) is 74.5 Å². The topological polar surface area (TPSA) is 23.1 Å². The molecule has 0 fully saturated rings. The van der Waals surface area contributed by atoms with Crippen LogP contribution in [0.2, 0.25) is 0 Å². The van der Waals surface area contributed by atoms with Crippen molar-refractivity contribution < 1.29 is 24.0 Å². The van der Waals surface area contributed by atoms with Gasteiger partial charge in [0.1, 0.15) is 0 Å². The van der Waals surface area contributed by atoms with Gasteiger partial charge in [-0.2, -0.15) is 0 Å². The normalized spacial score (nSPS) is 11.1. The minimum atomic E-state index is -0.428. The van der Waals surface area contributed by atoms with Gasteiger partial charge in [-0.25, -0.2) is 0 Å². The van der Waals surface area contributed by atoms with Gasteiger partial charge in [0.05, 0.1) is 0 Å². The van der Waals surface area contributed by atoms with Gasteiger partial charge in [-0.05, 0) is 85.9 Å². The van der Waals surface area contributed by atoms with E-state index in [1.54, 1.807) is 0 Å². The number of aryl methyl sites for hydroxylation is 6. The molecule has 134 valence electrons. The van der Waals surface area contributed by atoms with E-state index in [1.807, 2.05) is 20.8 Å². The zero-order chi connectivity index (χ0) is 19.1. The summed E-state index contributed by atoms with van der Waals surface area (Å²) in [5.41, 5.74) is 9.79. The number of hydrogen-bond acceptors (Lipinski definition) is 1. The monoisotopic (exact) mass is 342 g/mol. The maximum absolute atomic E-state index is 13.5. The van der Waals surface area contributed by atoms with Crippen molar-refractivity contribution in [3.63, 3.8) is 0 Å². The summed E-state index contributed by atoms with van der Waals surface area (Å²) in [4.78, 5) is 0. The second-order valence-electron chi connectivity index (χ2n) is 8.50. The Labute approximate surface area is 171 Å². The smallest absolute Gasteiger partial charge is 0.875 e. The fraction of sp³-hybridized carbons (Fsp3) is 0.417.